The first kappa shape index (κ1) is 21.1. The highest BCUT2D eigenvalue weighted by Crippen LogP contribution is 2.20. The van der Waals surface area contributed by atoms with Gasteiger partial charge in [-0.15, -0.1) is 0 Å². The smallest absolute Gasteiger partial charge is 0.311 e. The lowest BCUT2D eigenvalue weighted by atomic mass is 10.1. The van der Waals surface area contributed by atoms with E-state index in [4.69, 9.17) is 9.47 Å². The molecule has 0 aliphatic carbocycles. The highest BCUT2D eigenvalue weighted by atomic mass is 16.5. The molecule has 0 radical (unpaired) electrons. The Morgan fingerprint density at radius 2 is 1.83 bits per heavy atom. The van der Waals surface area contributed by atoms with E-state index in [2.05, 4.69) is 10.4 Å². The Hall–Kier alpha value is -3.61. The van der Waals surface area contributed by atoms with Gasteiger partial charge in [-0.25, -0.2) is 4.68 Å². The molecule has 7 nitrogen and oxygen atoms in total. The van der Waals surface area contributed by atoms with Crippen LogP contribution in [0, 0.1) is 13.8 Å². The van der Waals surface area contributed by atoms with Gasteiger partial charge < -0.3 is 14.8 Å². The molecular weight excluding hydrogens is 382 g/mol. The predicted octanol–water partition coefficient (Wildman–Crippen LogP) is 3.61. The van der Waals surface area contributed by atoms with Crippen molar-refractivity contribution in [2.75, 3.05) is 12.4 Å². The van der Waals surface area contributed by atoms with Gasteiger partial charge in [0.2, 0.25) is 0 Å². The Balaban J connectivity index is 1.64. The van der Waals surface area contributed by atoms with Crippen molar-refractivity contribution in [1.82, 2.24) is 9.78 Å². The molecule has 0 unspecified atom stereocenters. The minimum Gasteiger partial charge on any atom is -0.497 e. The fraction of sp³-hybridized carbons (Fsp3) is 0.261. The van der Waals surface area contributed by atoms with E-state index in [0.717, 1.165) is 22.6 Å². The maximum Gasteiger partial charge on any atom is 0.311 e. The Bertz CT molecular complexity index is 1040. The molecule has 3 aromatic rings. The summed E-state index contributed by atoms with van der Waals surface area (Å²) < 4.78 is 12.3. The topological polar surface area (TPSA) is 82.4 Å². The van der Waals surface area contributed by atoms with E-state index in [-0.39, 0.29) is 6.42 Å². The van der Waals surface area contributed by atoms with Crippen molar-refractivity contribution < 1.29 is 19.1 Å². The van der Waals surface area contributed by atoms with Gasteiger partial charge in [0.1, 0.15) is 5.75 Å². The van der Waals surface area contributed by atoms with Gasteiger partial charge in [-0.1, -0.05) is 24.3 Å². The third-order valence-corrected chi connectivity index (χ3v) is 4.78. The van der Waals surface area contributed by atoms with Gasteiger partial charge in [0, 0.05) is 23.0 Å². The van der Waals surface area contributed by atoms with Crippen LogP contribution in [0.1, 0.15) is 23.9 Å². The van der Waals surface area contributed by atoms with Gasteiger partial charge in [-0.2, -0.15) is 5.10 Å². The van der Waals surface area contributed by atoms with Crippen LogP contribution in [0.3, 0.4) is 0 Å². The minimum atomic E-state index is -0.937. The fourth-order valence-electron chi connectivity index (χ4n) is 3.13. The van der Waals surface area contributed by atoms with Crippen molar-refractivity contribution in [3.8, 4) is 11.4 Å². The number of hydrogen-bond donors (Lipinski definition) is 1. The lowest BCUT2D eigenvalue weighted by molar-refractivity contribution is -0.152. The standard InChI is InChI=1S/C23H25N3O4/c1-15-21(16(2)26(25-15)19-10-6-5-7-11-19)14-22(27)30-17(3)23(28)24-18-9-8-12-20(13-18)29-4/h5-13,17H,14H2,1-4H3,(H,24,28)/t17-/m1/s1. The molecule has 1 N–H and O–H groups in total. The van der Waals surface area contributed by atoms with Crippen molar-refractivity contribution >= 4 is 17.6 Å². The van der Waals surface area contributed by atoms with Crippen molar-refractivity contribution in [3.63, 3.8) is 0 Å². The number of rotatable bonds is 7. The maximum atomic E-state index is 12.5. The largest absolute Gasteiger partial charge is 0.497 e. The zero-order valence-corrected chi connectivity index (χ0v) is 17.5. The molecule has 7 heteroatoms. The molecule has 0 fully saturated rings. The van der Waals surface area contributed by atoms with Crippen LogP contribution in [0.5, 0.6) is 5.75 Å². The first-order chi connectivity index (χ1) is 14.4. The Labute approximate surface area is 175 Å². The monoisotopic (exact) mass is 407 g/mol. The van der Waals surface area contributed by atoms with E-state index < -0.39 is 18.0 Å². The maximum absolute atomic E-state index is 12.5. The van der Waals surface area contributed by atoms with Crippen LogP contribution in [0.25, 0.3) is 5.69 Å². The average Bonchev–Trinajstić information content (AvgIpc) is 3.02. The summed E-state index contributed by atoms with van der Waals surface area (Å²) in [4.78, 5) is 24.8. The quantitative estimate of drug-likeness (QED) is 0.605. The number of esters is 1. The number of benzene rings is 2. The molecule has 0 spiro atoms. The van der Waals surface area contributed by atoms with E-state index >= 15 is 0 Å². The summed E-state index contributed by atoms with van der Waals surface area (Å²) in [5.41, 5.74) is 3.90. The van der Waals surface area contributed by atoms with E-state index in [1.165, 1.54) is 0 Å². The Morgan fingerprint density at radius 1 is 1.10 bits per heavy atom. The summed E-state index contributed by atoms with van der Waals surface area (Å²) in [6.45, 7) is 5.31. The van der Waals surface area contributed by atoms with Crippen LogP contribution >= 0.6 is 0 Å². The molecule has 30 heavy (non-hydrogen) atoms. The molecule has 1 amide bonds. The first-order valence-corrected chi connectivity index (χ1v) is 9.64. The number of methoxy groups -OCH3 is 1. The highest BCUT2D eigenvalue weighted by molar-refractivity contribution is 5.95. The van der Waals surface area contributed by atoms with Crippen molar-refractivity contribution in [2.45, 2.75) is 33.3 Å². The third-order valence-electron chi connectivity index (χ3n) is 4.78. The first-order valence-electron chi connectivity index (χ1n) is 9.64. The predicted molar refractivity (Wildman–Crippen MR) is 114 cm³/mol. The zero-order valence-electron chi connectivity index (χ0n) is 17.5. The van der Waals surface area contributed by atoms with E-state index in [9.17, 15) is 9.59 Å². The molecule has 0 saturated heterocycles. The van der Waals surface area contributed by atoms with Crippen molar-refractivity contribution in [3.05, 3.63) is 71.5 Å². The lowest BCUT2D eigenvalue weighted by Crippen LogP contribution is -2.30. The summed E-state index contributed by atoms with van der Waals surface area (Å²) in [6, 6.07) is 16.7. The molecule has 156 valence electrons. The number of carbonyl (C=O) groups excluding carboxylic acids is 2. The number of nitrogens with one attached hydrogen (secondary N) is 1. The number of nitrogens with zero attached hydrogens (tertiary/aromatic N) is 2. The van der Waals surface area contributed by atoms with Crippen LogP contribution < -0.4 is 10.1 Å². The molecule has 0 saturated carbocycles. The van der Waals surface area contributed by atoms with Crippen LogP contribution in [0.4, 0.5) is 5.69 Å². The number of anilines is 1. The van der Waals surface area contributed by atoms with Crippen LogP contribution in [0.15, 0.2) is 54.6 Å². The number of ether oxygens (including phenoxy) is 2. The van der Waals surface area contributed by atoms with Gasteiger partial charge in [-0.05, 0) is 45.0 Å². The van der Waals surface area contributed by atoms with E-state index in [1.54, 1.807) is 43.0 Å². The fourth-order valence-corrected chi connectivity index (χ4v) is 3.13. The second-order valence-corrected chi connectivity index (χ2v) is 6.93. The average molecular weight is 407 g/mol. The molecule has 3 rings (SSSR count). The van der Waals surface area contributed by atoms with Gasteiger partial charge in [0.15, 0.2) is 6.10 Å². The molecule has 1 atom stereocenters. The molecule has 1 aromatic heterocycles. The normalized spacial score (nSPS) is 11.6. The molecule has 0 bridgehead atoms. The SMILES string of the molecule is COc1cccc(NC(=O)[C@@H](C)OC(=O)Cc2c(C)nn(-c3ccccc3)c2C)c1. The summed E-state index contributed by atoms with van der Waals surface area (Å²) in [5, 5.41) is 7.26. The van der Waals surface area contributed by atoms with Gasteiger partial charge >= 0.3 is 5.97 Å². The third kappa shape index (κ3) is 4.86. The number of amides is 1. The van der Waals surface area contributed by atoms with Crippen molar-refractivity contribution in [1.29, 1.82) is 0 Å². The molecule has 1 heterocycles. The molecule has 0 aliphatic rings. The number of aromatic nitrogens is 2. The van der Waals surface area contributed by atoms with Gasteiger partial charge in [-0.3, -0.25) is 9.59 Å². The second-order valence-electron chi connectivity index (χ2n) is 6.93. The summed E-state index contributed by atoms with van der Waals surface area (Å²) in [7, 11) is 1.55. The van der Waals surface area contributed by atoms with Crippen LogP contribution in [-0.2, 0) is 20.7 Å². The number of carbonyl (C=O) groups is 2. The van der Waals surface area contributed by atoms with Crippen molar-refractivity contribution in [2.24, 2.45) is 0 Å². The van der Waals surface area contributed by atoms with Gasteiger partial charge in [0.05, 0.1) is 24.9 Å². The minimum absolute atomic E-state index is 0.0429. The zero-order chi connectivity index (χ0) is 21.7. The summed E-state index contributed by atoms with van der Waals surface area (Å²) in [6.07, 6.45) is -0.894. The second kappa shape index (κ2) is 9.26. The van der Waals surface area contributed by atoms with Crippen LogP contribution in [0.2, 0.25) is 0 Å². The molecule has 2 aromatic carbocycles. The number of hydrogen-bond acceptors (Lipinski definition) is 5. The summed E-state index contributed by atoms with van der Waals surface area (Å²) in [5.74, 6) is -0.272. The van der Waals surface area contributed by atoms with Gasteiger partial charge in [0.25, 0.3) is 5.91 Å². The summed E-state index contributed by atoms with van der Waals surface area (Å²) >= 11 is 0. The number of para-hydroxylation sites is 1. The lowest BCUT2D eigenvalue weighted by Gasteiger charge is -2.14. The highest BCUT2D eigenvalue weighted by Gasteiger charge is 2.21. The molecule has 0 aliphatic heterocycles. The Morgan fingerprint density at radius 3 is 2.53 bits per heavy atom. The van der Waals surface area contributed by atoms with Crippen LogP contribution in [-0.4, -0.2) is 34.9 Å². The van der Waals surface area contributed by atoms with E-state index in [1.807, 2.05) is 44.2 Å². The number of aryl methyl sites for hydroxylation is 1. The van der Waals surface area contributed by atoms with E-state index in [0.29, 0.717) is 11.4 Å². The molecular formula is C23H25N3O4. The Kier molecular flexibility index (Phi) is 6.51.